The van der Waals surface area contributed by atoms with Crippen LogP contribution in [0.25, 0.3) is 22.3 Å². The zero-order valence-electron chi connectivity index (χ0n) is 31.5. The molecule has 0 atom stereocenters. The van der Waals surface area contributed by atoms with Gasteiger partial charge < -0.3 is 14.7 Å². The van der Waals surface area contributed by atoms with Gasteiger partial charge in [-0.2, -0.15) is 0 Å². The van der Waals surface area contributed by atoms with Crippen LogP contribution in [-0.4, -0.2) is 0 Å². The summed E-state index contributed by atoms with van der Waals surface area (Å²) in [6, 6.07) is 88.2. The zero-order chi connectivity index (χ0) is 38.2. The second-order valence-corrected chi connectivity index (χ2v) is 13.9. The van der Waals surface area contributed by atoms with Crippen LogP contribution in [0, 0.1) is 0 Å². The van der Waals surface area contributed by atoms with Gasteiger partial charge in [0.1, 0.15) is 0 Å². The summed E-state index contributed by atoms with van der Waals surface area (Å²) in [4.78, 5) is 6.94. The Hall–Kier alpha value is -7.62. The third-order valence-corrected chi connectivity index (χ3v) is 10.2. The largest absolute Gasteiger partial charge is 0.311 e. The van der Waals surface area contributed by atoms with Crippen molar-refractivity contribution in [3.63, 3.8) is 0 Å². The SMILES string of the molecule is c1ccc(-c2ccc(N(c3ccc(-c4ccccc4)cc3)c3ccc(N(c4ccccc4)c4ccc(N(c5ccccc5)c5ccccc5)cc4)cc3)cc2)cc1. The van der Waals surface area contributed by atoms with Crippen LogP contribution in [0.5, 0.6) is 0 Å². The molecule has 272 valence electrons. The number of para-hydroxylation sites is 3. The van der Waals surface area contributed by atoms with Gasteiger partial charge in [-0.15, -0.1) is 0 Å². The first kappa shape index (κ1) is 35.1. The maximum Gasteiger partial charge on any atom is 0.0463 e. The van der Waals surface area contributed by atoms with E-state index >= 15 is 0 Å². The second-order valence-electron chi connectivity index (χ2n) is 13.9. The summed E-state index contributed by atoms with van der Waals surface area (Å²) in [5.74, 6) is 0. The third kappa shape index (κ3) is 7.68. The molecule has 0 unspecified atom stereocenters. The quantitative estimate of drug-likeness (QED) is 0.131. The van der Waals surface area contributed by atoms with E-state index in [2.05, 4.69) is 263 Å². The van der Waals surface area contributed by atoms with Crippen molar-refractivity contribution in [1.82, 2.24) is 0 Å². The minimum atomic E-state index is 1.07. The highest BCUT2D eigenvalue weighted by molar-refractivity contribution is 5.84. The van der Waals surface area contributed by atoms with Crippen molar-refractivity contribution in [2.75, 3.05) is 14.7 Å². The van der Waals surface area contributed by atoms with Crippen LogP contribution < -0.4 is 14.7 Å². The van der Waals surface area contributed by atoms with E-state index in [0.29, 0.717) is 0 Å². The molecular weight excluding hydrogens is 691 g/mol. The fourth-order valence-electron chi connectivity index (χ4n) is 7.44. The van der Waals surface area contributed by atoms with Gasteiger partial charge in [-0.25, -0.2) is 0 Å². The van der Waals surface area contributed by atoms with Crippen molar-refractivity contribution in [2.24, 2.45) is 0 Å². The Kier molecular flexibility index (Phi) is 10.1. The first-order chi connectivity index (χ1) is 28.3. The molecule has 0 saturated carbocycles. The molecule has 9 aromatic rings. The molecule has 0 aliphatic carbocycles. The molecule has 0 aromatic heterocycles. The number of benzene rings is 9. The summed E-state index contributed by atoms with van der Waals surface area (Å²) in [7, 11) is 0. The van der Waals surface area contributed by atoms with Crippen molar-refractivity contribution in [3.8, 4) is 22.3 Å². The minimum absolute atomic E-state index is 1.07. The van der Waals surface area contributed by atoms with Gasteiger partial charge >= 0.3 is 0 Å². The van der Waals surface area contributed by atoms with Gasteiger partial charge in [0.25, 0.3) is 0 Å². The van der Waals surface area contributed by atoms with Crippen LogP contribution in [0.15, 0.2) is 249 Å². The molecule has 57 heavy (non-hydrogen) atoms. The van der Waals surface area contributed by atoms with Gasteiger partial charge in [-0.05, 0) is 131 Å². The van der Waals surface area contributed by atoms with Crippen molar-refractivity contribution >= 4 is 51.2 Å². The monoisotopic (exact) mass is 731 g/mol. The van der Waals surface area contributed by atoms with Crippen LogP contribution in [0.1, 0.15) is 0 Å². The molecule has 9 aromatic carbocycles. The summed E-state index contributed by atoms with van der Waals surface area (Å²) in [6.07, 6.45) is 0. The Labute approximate surface area is 335 Å². The standard InChI is InChI=1S/C54H41N3/c1-6-16-42(17-7-1)44-26-30-49(31-27-44)57(50-32-28-45(29-33-50)43-18-8-2-9-19-43)54-40-38-53(39-41-54)56(48-24-14-5-15-25-48)52-36-34-51(35-37-52)55(46-20-10-3-11-21-46)47-22-12-4-13-23-47/h1-41H. The lowest BCUT2D eigenvalue weighted by molar-refractivity contribution is 1.24. The average Bonchev–Trinajstić information content (AvgIpc) is 3.30. The molecule has 0 fully saturated rings. The van der Waals surface area contributed by atoms with Crippen molar-refractivity contribution < 1.29 is 0 Å². The third-order valence-electron chi connectivity index (χ3n) is 10.2. The van der Waals surface area contributed by atoms with Gasteiger partial charge in [-0.3, -0.25) is 0 Å². The van der Waals surface area contributed by atoms with Crippen LogP contribution in [0.4, 0.5) is 51.2 Å². The van der Waals surface area contributed by atoms with Gasteiger partial charge in [0.2, 0.25) is 0 Å². The normalized spacial score (nSPS) is 10.8. The van der Waals surface area contributed by atoms with Crippen LogP contribution >= 0.6 is 0 Å². The topological polar surface area (TPSA) is 9.72 Å². The Bertz CT molecular complexity index is 2490. The van der Waals surface area contributed by atoms with E-state index in [0.717, 1.165) is 51.2 Å². The van der Waals surface area contributed by atoms with E-state index in [9.17, 15) is 0 Å². The van der Waals surface area contributed by atoms with Crippen LogP contribution in [-0.2, 0) is 0 Å². The van der Waals surface area contributed by atoms with Gasteiger partial charge in [-0.1, -0.05) is 140 Å². The molecule has 0 heterocycles. The van der Waals surface area contributed by atoms with E-state index in [1.165, 1.54) is 22.3 Å². The van der Waals surface area contributed by atoms with Crippen LogP contribution in [0.2, 0.25) is 0 Å². The molecule has 0 N–H and O–H groups in total. The molecule has 0 radical (unpaired) electrons. The Balaban J connectivity index is 1.08. The van der Waals surface area contributed by atoms with Crippen molar-refractivity contribution in [3.05, 3.63) is 249 Å². The zero-order valence-corrected chi connectivity index (χ0v) is 31.5. The molecule has 0 bridgehead atoms. The molecule has 0 aliphatic heterocycles. The number of nitrogens with zero attached hydrogens (tertiary/aromatic N) is 3. The molecule has 3 nitrogen and oxygen atoms in total. The molecule has 0 aliphatic rings. The first-order valence-electron chi connectivity index (χ1n) is 19.4. The highest BCUT2D eigenvalue weighted by atomic mass is 15.2. The summed E-state index contributed by atoms with van der Waals surface area (Å²) in [6.45, 7) is 0. The van der Waals surface area contributed by atoms with Crippen molar-refractivity contribution in [2.45, 2.75) is 0 Å². The number of hydrogen-bond donors (Lipinski definition) is 0. The maximum atomic E-state index is 2.33. The molecule has 0 amide bonds. The molecule has 3 heteroatoms. The Morgan fingerprint density at radius 2 is 0.298 bits per heavy atom. The van der Waals surface area contributed by atoms with E-state index in [4.69, 9.17) is 0 Å². The van der Waals surface area contributed by atoms with Gasteiger partial charge in [0, 0.05) is 51.2 Å². The summed E-state index contributed by atoms with van der Waals surface area (Å²) in [5.41, 5.74) is 14.6. The lowest BCUT2D eigenvalue weighted by Gasteiger charge is -2.29. The highest BCUT2D eigenvalue weighted by Crippen LogP contribution is 2.41. The lowest BCUT2D eigenvalue weighted by atomic mass is 10.0. The summed E-state index contributed by atoms with van der Waals surface area (Å²) >= 11 is 0. The highest BCUT2D eigenvalue weighted by Gasteiger charge is 2.18. The summed E-state index contributed by atoms with van der Waals surface area (Å²) < 4.78 is 0. The van der Waals surface area contributed by atoms with Crippen molar-refractivity contribution in [1.29, 1.82) is 0 Å². The van der Waals surface area contributed by atoms with Gasteiger partial charge in [0.05, 0.1) is 0 Å². The van der Waals surface area contributed by atoms with Crippen LogP contribution in [0.3, 0.4) is 0 Å². The van der Waals surface area contributed by atoms with E-state index in [-0.39, 0.29) is 0 Å². The summed E-state index contributed by atoms with van der Waals surface area (Å²) in [5, 5.41) is 0. The number of rotatable bonds is 11. The average molecular weight is 732 g/mol. The predicted octanol–water partition coefficient (Wildman–Crippen LogP) is 15.4. The Morgan fingerprint density at radius 1 is 0.140 bits per heavy atom. The van der Waals surface area contributed by atoms with Gasteiger partial charge in [0.15, 0.2) is 0 Å². The molecule has 9 rings (SSSR count). The molecule has 0 saturated heterocycles. The smallest absolute Gasteiger partial charge is 0.0463 e. The van der Waals surface area contributed by atoms with E-state index in [1.807, 2.05) is 0 Å². The maximum absolute atomic E-state index is 2.33. The second kappa shape index (κ2) is 16.4. The number of anilines is 9. The Morgan fingerprint density at radius 3 is 0.526 bits per heavy atom. The minimum Gasteiger partial charge on any atom is -0.311 e. The molecule has 0 spiro atoms. The fourth-order valence-corrected chi connectivity index (χ4v) is 7.44. The fraction of sp³-hybridized carbons (Fsp3) is 0. The lowest BCUT2D eigenvalue weighted by Crippen LogP contribution is -2.13. The molecular formula is C54H41N3. The van der Waals surface area contributed by atoms with E-state index in [1.54, 1.807) is 0 Å². The van der Waals surface area contributed by atoms with E-state index < -0.39 is 0 Å². The predicted molar refractivity (Wildman–Crippen MR) is 241 cm³/mol. The number of hydrogen-bond acceptors (Lipinski definition) is 3. The first-order valence-corrected chi connectivity index (χ1v) is 19.4.